The third-order valence-electron chi connectivity index (χ3n) is 16.5. The summed E-state index contributed by atoms with van der Waals surface area (Å²) in [5.41, 5.74) is 2.82. The molecule has 15 nitrogen and oxygen atoms in total. The number of amides is 3. The minimum atomic E-state index is -2.74. The van der Waals surface area contributed by atoms with Gasteiger partial charge in [-0.3, -0.25) is 29.0 Å². The molecule has 5 aromatic rings. The van der Waals surface area contributed by atoms with Gasteiger partial charge in [0.15, 0.2) is 5.69 Å². The van der Waals surface area contributed by atoms with Crippen LogP contribution in [0.4, 0.5) is 14.5 Å². The van der Waals surface area contributed by atoms with Crippen molar-refractivity contribution in [2.24, 2.45) is 23.2 Å². The smallest absolute Gasteiger partial charge is 0.276 e. The molecule has 0 spiro atoms. The molecular formula is C55H68F2N10O5S. The molecule has 5 aliphatic rings. The number of ether oxygens (including phenoxy) is 1. The van der Waals surface area contributed by atoms with Crippen molar-refractivity contribution in [1.29, 1.82) is 0 Å². The number of unbranched alkanes of at least 4 members (excludes halogenated alkanes) is 3. The molecule has 3 aromatic heterocycles. The number of H-pyrrole nitrogens is 1. The number of hydrogen-bond donors (Lipinski definition) is 4. The van der Waals surface area contributed by atoms with E-state index in [0.717, 1.165) is 101 Å². The quantitative estimate of drug-likeness (QED) is 0.0412. The van der Waals surface area contributed by atoms with Gasteiger partial charge in [0.25, 0.3) is 11.8 Å². The summed E-state index contributed by atoms with van der Waals surface area (Å²) in [5, 5.41) is 23.3. The van der Waals surface area contributed by atoms with Gasteiger partial charge in [0.1, 0.15) is 22.5 Å². The molecule has 2 saturated carbocycles. The SMILES string of the molecule is CN[C@@H](C)C(=O)N[C@H](C(=O)N1CCC[C@H]1c1nc(C(=O)c2cccc(OCCCCCCN3CC([C@@H](c4ccccc4)n4cc(NC(=O)c5n[nH]c6c5CC5C(F)(F)C5(C)C6)cn4)C3)c2)cs1)C1CCCCC1. The summed E-state index contributed by atoms with van der Waals surface area (Å²) in [7, 11) is 1.74. The number of likely N-dealkylation sites (tertiary alicyclic amines) is 2. The second-order valence-electron chi connectivity index (χ2n) is 21.3. The molecule has 2 saturated heterocycles. The molecule has 388 valence electrons. The summed E-state index contributed by atoms with van der Waals surface area (Å²) in [6.45, 7) is 7.37. The largest absolute Gasteiger partial charge is 0.494 e. The summed E-state index contributed by atoms with van der Waals surface area (Å²) in [5.74, 6) is -3.29. The second-order valence-corrected chi connectivity index (χ2v) is 22.2. The van der Waals surface area contributed by atoms with Gasteiger partial charge in [-0.2, -0.15) is 10.2 Å². The van der Waals surface area contributed by atoms with Gasteiger partial charge in [-0.05, 0) is 89.1 Å². The fourth-order valence-corrected chi connectivity index (χ4v) is 12.9. The summed E-state index contributed by atoms with van der Waals surface area (Å²) in [6.07, 6.45) is 14.5. The van der Waals surface area contributed by atoms with Crippen LogP contribution in [0.5, 0.6) is 5.75 Å². The van der Waals surface area contributed by atoms with E-state index in [-0.39, 0.29) is 54.1 Å². The van der Waals surface area contributed by atoms with Gasteiger partial charge in [-0.25, -0.2) is 13.8 Å². The number of benzene rings is 2. The zero-order chi connectivity index (χ0) is 50.9. The molecule has 4 N–H and O–H groups in total. The number of aromatic amines is 1. The number of ketones is 1. The van der Waals surface area contributed by atoms with Crippen molar-refractivity contribution in [3.05, 3.63) is 111 Å². The molecule has 0 bridgehead atoms. The fraction of sp³-hybridized carbons (Fsp3) is 0.545. The number of likely N-dealkylation sites (N-methyl/N-ethyl adjacent to an activating group) is 1. The Kier molecular flexibility index (Phi) is 15.0. The minimum Gasteiger partial charge on any atom is -0.494 e. The first-order chi connectivity index (χ1) is 35.3. The number of rotatable bonds is 21. The van der Waals surface area contributed by atoms with Crippen molar-refractivity contribution in [3.8, 4) is 5.75 Å². The zero-order valence-corrected chi connectivity index (χ0v) is 42.9. The van der Waals surface area contributed by atoms with Crippen LogP contribution in [-0.2, 0) is 22.4 Å². The molecule has 3 aliphatic carbocycles. The van der Waals surface area contributed by atoms with Crippen LogP contribution in [0.1, 0.15) is 145 Å². The number of aromatic nitrogens is 5. The summed E-state index contributed by atoms with van der Waals surface area (Å²) >= 11 is 1.41. The number of alkyl halides is 2. The van der Waals surface area contributed by atoms with Gasteiger partial charge in [-0.1, -0.05) is 81.5 Å². The Bertz CT molecular complexity index is 2770. The first-order valence-corrected chi connectivity index (χ1v) is 27.3. The predicted octanol–water partition coefficient (Wildman–Crippen LogP) is 8.41. The molecule has 2 aromatic carbocycles. The second kappa shape index (κ2) is 21.5. The summed E-state index contributed by atoms with van der Waals surface area (Å²) in [6, 6.07) is 16.3. The molecule has 4 fully saturated rings. The Morgan fingerprint density at radius 3 is 2.55 bits per heavy atom. The van der Waals surface area contributed by atoms with E-state index in [1.54, 1.807) is 44.6 Å². The van der Waals surface area contributed by atoms with Crippen LogP contribution in [-0.4, -0.2) is 116 Å². The van der Waals surface area contributed by atoms with Crippen LogP contribution < -0.4 is 20.7 Å². The van der Waals surface area contributed by atoms with Crippen LogP contribution in [0.15, 0.2) is 72.4 Å². The number of halogens is 2. The molecular weight excluding hydrogens is 951 g/mol. The average molecular weight is 1020 g/mol. The van der Waals surface area contributed by atoms with Crippen molar-refractivity contribution >= 4 is 40.5 Å². The highest BCUT2D eigenvalue weighted by Gasteiger charge is 2.78. The van der Waals surface area contributed by atoms with Crippen molar-refractivity contribution < 1.29 is 32.7 Å². The van der Waals surface area contributed by atoms with Crippen molar-refractivity contribution in [2.75, 3.05) is 45.2 Å². The van der Waals surface area contributed by atoms with E-state index in [1.165, 1.54) is 11.3 Å². The highest BCUT2D eigenvalue weighted by atomic mass is 32.1. The lowest BCUT2D eigenvalue weighted by Gasteiger charge is -2.43. The molecule has 6 atom stereocenters. The van der Waals surface area contributed by atoms with Crippen LogP contribution >= 0.6 is 11.3 Å². The van der Waals surface area contributed by atoms with Gasteiger partial charge in [0.05, 0.1) is 36.6 Å². The lowest BCUT2D eigenvalue weighted by molar-refractivity contribution is -0.139. The maximum atomic E-state index is 14.5. The number of fused-ring (bicyclic) bond motifs is 2. The number of anilines is 1. The average Bonchev–Trinajstić information content (AvgIpc) is 4.18. The van der Waals surface area contributed by atoms with Gasteiger partial charge in [0, 0.05) is 71.7 Å². The number of nitrogens with zero attached hydrogens (tertiary/aromatic N) is 6. The molecule has 3 amide bonds. The van der Waals surface area contributed by atoms with Gasteiger partial charge in [-0.15, -0.1) is 11.3 Å². The normalized spacial score (nSPS) is 22.9. The Balaban J connectivity index is 0.662. The van der Waals surface area contributed by atoms with Crippen LogP contribution in [0.3, 0.4) is 0 Å². The molecule has 0 radical (unpaired) electrons. The van der Waals surface area contributed by atoms with Crippen molar-refractivity contribution in [1.82, 2.24) is 45.4 Å². The molecule has 2 aliphatic heterocycles. The standard InChI is InChI=1S/C55H68F2N10O5S/c1-34(58-3)50(69)62-46(35-16-8-6-9-17-35)53(71)66-24-15-22-44(66)52-61-43(33-73-52)49(68)37-20-14-21-40(26-37)72-25-13-5-4-12-23-65-30-38(31-65)48(36-18-10-7-11-19-36)67-32-39(29-59-67)60-51(70)47-41-27-45-54(2,55(45,56)57)28-42(41)63-64-47/h7,10-11,14,18-21,26,29,32-35,38,44-46,48,58H,4-6,8-9,12-13,15-17,22-25,27-28,30-31H2,1-3H3,(H,60,70)(H,62,69)(H,63,64)/t34-,44-,45?,46-,48+,54?/m0/s1. The van der Waals surface area contributed by atoms with E-state index in [1.807, 2.05) is 46.1 Å². The van der Waals surface area contributed by atoms with Gasteiger partial charge >= 0.3 is 0 Å². The van der Waals surface area contributed by atoms with Crippen LogP contribution in [0, 0.1) is 23.2 Å². The third kappa shape index (κ3) is 10.5. The third-order valence-corrected chi connectivity index (χ3v) is 17.5. The minimum absolute atomic E-state index is 0.0279. The number of thiazole rings is 1. The van der Waals surface area contributed by atoms with Crippen molar-refractivity contribution in [2.45, 2.75) is 127 Å². The highest BCUT2D eigenvalue weighted by molar-refractivity contribution is 7.10. The van der Waals surface area contributed by atoms with E-state index in [0.29, 0.717) is 53.0 Å². The molecule has 5 heterocycles. The maximum Gasteiger partial charge on any atom is 0.276 e. The molecule has 10 rings (SSSR count). The maximum absolute atomic E-state index is 14.5. The monoisotopic (exact) mass is 1020 g/mol. The fourth-order valence-electron chi connectivity index (χ4n) is 11.9. The van der Waals surface area contributed by atoms with E-state index in [9.17, 15) is 28.0 Å². The first kappa shape index (κ1) is 50.7. The molecule has 2 unspecified atom stereocenters. The Hall–Kier alpha value is -5.85. The van der Waals surface area contributed by atoms with E-state index < -0.39 is 35.2 Å². The highest BCUT2D eigenvalue weighted by Crippen LogP contribution is 2.70. The van der Waals surface area contributed by atoms with E-state index in [4.69, 9.17) is 14.8 Å². The number of hydrogen-bond acceptors (Lipinski definition) is 11. The zero-order valence-electron chi connectivity index (χ0n) is 42.1. The Morgan fingerprint density at radius 2 is 1.75 bits per heavy atom. The molecule has 18 heteroatoms. The van der Waals surface area contributed by atoms with Crippen molar-refractivity contribution in [3.63, 3.8) is 0 Å². The van der Waals surface area contributed by atoms with E-state index >= 15 is 0 Å². The summed E-state index contributed by atoms with van der Waals surface area (Å²) < 4.78 is 37.1. The lowest BCUT2D eigenvalue weighted by Crippen LogP contribution is -2.55. The van der Waals surface area contributed by atoms with Gasteiger partial charge < -0.3 is 30.5 Å². The Morgan fingerprint density at radius 1 is 0.959 bits per heavy atom. The van der Waals surface area contributed by atoms with Gasteiger partial charge in [0.2, 0.25) is 17.6 Å². The molecule has 73 heavy (non-hydrogen) atoms. The number of carbonyl (C=O) groups excluding carboxylic acids is 4. The van der Waals surface area contributed by atoms with Crippen LogP contribution in [0.25, 0.3) is 0 Å². The summed E-state index contributed by atoms with van der Waals surface area (Å²) in [4.78, 5) is 63.6. The first-order valence-electron chi connectivity index (χ1n) is 26.4. The Labute approximate surface area is 429 Å². The lowest BCUT2D eigenvalue weighted by atomic mass is 9.83. The number of carbonyl (C=O) groups is 4. The van der Waals surface area contributed by atoms with Crippen LogP contribution in [0.2, 0.25) is 0 Å². The topological polar surface area (TPSA) is 179 Å². The number of nitrogens with one attached hydrogen (secondary N) is 4. The predicted molar refractivity (Wildman–Crippen MR) is 274 cm³/mol. The van der Waals surface area contributed by atoms with E-state index in [2.05, 4.69) is 43.2 Å².